The minimum absolute atomic E-state index is 0.00267. The lowest BCUT2D eigenvalue weighted by Crippen LogP contribution is -2.19. The van der Waals surface area contributed by atoms with Crippen molar-refractivity contribution < 1.29 is 19.4 Å². The van der Waals surface area contributed by atoms with Gasteiger partial charge in [0.25, 0.3) is 0 Å². The second-order valence-electron chi connectivity index (χ2n) is 3.91. The van der Waals surface area contributed by atoms with Gasteiger partial charge in [-0.1, -0.05) is 6.07 Å². The van der Waals surface area contributed by atoms with Gasteiger partial charge in [0, 0.05) is 6.54 Å². The number of carboxylic acid groups (broad SMARTS) is 1. The molecule has 19 heavy (non-hydrogen) atoms. The fourth-order valence-electron chi connectivity index (χ4n) is 1.91. The molecule has 1 heterocycles. The van der Waals surface area contributed by atoms with Gasteiger partial charge in [-0.25, -0.2) is 9.59 Å². The summed E-state index contributed by atoms with van der Waals surface area (Å²) in [5.74, 6) is -1.59. The van der Waals surface area contributed by atoms with Gasteiger partial charge >= 0.3 is 17.6 Å². The van der Waals surface area contributed by atoms with Gasteiger partial charge in [0.2, 0.25) is 0 Å². The van der Waals surface area contributed by atoms with Crippen LogP contribution in [-0.4, -0.2) is 33.7 Å². The van der Waals surface area contributed by atoms with E-state index in [2.05, 4.69) is 9.72 Å². The summed E-state index contributed by atoms with van der Waals surface area (Å²) in [5, 5.41) is 9.12. The highest BCUT2D eigenvalue weighted by Crippen LogP contribution is 2.16. The minimum Gasteiger partial charge on any atom is -0.478 e. The number of H-pyrrole nitrogens is 1. The normalized spacial score (nSPS) is 10.6. The number of imidazole rings is 1. The highest BCUT2D eigenvalue weighted by Gasteiger charge is 2.16. The van der Waals surface area contributed by atoms with Gasteiger partial charge in [0.05, 0.1) is 30.1 Å². The largest absolute Gasteiger partial charge is 0.478 e. The second-order valence-corrected chi connectivity index (χ2v) is 3.91. The Labute approximate surface area is 107 Å². The van der Waals surface area contributed by atoms with Crippen LogP contribution in [0.5, 0.6) is 0 Å². The van der Waals surface area contributed by atoms with Gasteiger partial charge in [-0.15, -0.1) is 0 Å². The first kappa shape index (κ1) is 12.9. The Balaban J connectivity index is 2.53. The van der Waals surface area contributed by atoms with E-state index in [-0.39, 0.29) is 24.0 Å². The van der Waals surface area contributed by atoms with Gasteiger partial charge in [0.15, 0.2) is 0 Å². The zero-order valence-electron chi connectivity index (χ0n) is 10.2. The molecule has 2 rings (SSSR count). The fourth-order valence-corrected chi connectivity index (χ4v) is 1.91. The highest BCUT2D eigenvalue weighted by atomic mass is 16.5. The summed E-state index contributed by atoms with van der Waals surface area (Å²) in [7, 11) is 1.25. The average molecular weight is 264 g/mol. The molecule has 2 aromatic rings. The van der Waals surface area contributed by atoms with Crippen LogP contribution in [0.2, 0.25) is 0 Å². The summed E-state index contributed by atoms with van der Waals surface area (Å²) in [6.45, 7) is 0.0653. The van der Waals surface area contributed by atoms with Gasteiger partial charge in [-0.2, -0.15) is 0 Å². The molecular formula is C12H12N2O5. The topological polar surface area (TPSA) is 101 Å². The number of aryl methyl sites for hydroxylation is 1. The van der Waals surface area contributed by atoms with Crippen LogP contribution in [0.25, 0.3) is 11.0 Å². The molecule has 2 N–H and O–H groups in total. The zero-order valence-corrected chi connectivity index (χ0v) is 10.2. The van der Waals surface area contributed by atoms with Crippen molar-refractivity contribution in [2.24, 2.45) is 0 Å². The third-order valence-electron chi connectivity index (χ3n) is 2.79. The monoisotopic (exact) mass is 264 g/mol. The first-order valence-corrected chi connectivity index (χ1v) is 5.56. The standard InChI is InChI=1S/C12H12N2O5/c1-19-9(15)5-6-14-10-7(11(16)17)3-2-4-8(10)13-12(14)18/h2-4H,5-6H2,1H3,(H,13,18)(H,16,17). The van der Waals surface area contributed by atoms with E-state index >= 15 is 0 Å². The number of carboxylic acids is 1. The highest BCUT2D eigenvalue weighted by molar-refractivity contribution is 6.01. The molecule has 0 atom stereocenters. The number of carbonyl (C=O) groups is 2. The van der Waals surface area contributed by atoms with E-state index < -0.39 is 17.6 Å². The van der Waals surface area contributed by atoms with Crippen LogP contribution in [0.15, 0.2) is 23.0 Å². The Morgan fingerprint density at radius 3 is 2.79 bits per heavy atom. The molecule has 100 valence electrons. The molecule has 0 radical (unpaired) electrons. The lowest BCUT2D eigenvalue weighted by molar-refractivity contribution is -0.140. The van der Waals surface area contributed by atoms with Crippen molar-refractivity contribution in [3.8, 4) is 0 Å². The summed E-state index contributed by atoms with van der Waals surface area (Å²) in [5.41, 5.74) is 0.270. The van der Waals surface area contributed by atoms with Crippen molar-refractivity contribution in [1.29, 1.82) is 0 Å². The number of para-hydroxylation sites is 1. The van der Waals surface area contributed by atoms with E-state index in [0.717, 1.165) is 0 Å². The number of carbonyl (C=O) groups excluding carboxylic acids is 1. The van der Waals surface area contributed by atoms with E-state index in [0.29, 0.717) is 5.52 Å². The molecule has 7 nitrogen and oxygen atoms in total. The summed E-state index contributed by atoms with van der Waals surface area (Å²) in [4.78, 5) is 36.6. The van der Waals surface area contributed by atoms with Crippen molar-refractivity contribution in [2.75, 3.05) is 7.11 Å². The molecule has 0 saturated heterocycles. The number of aromatic carboxylic acids is 1. The van der Waals surface area contributed by atoms with Crippen LogP contribution < -0.4 is 5.69 Å². The number of fused-ring (bicyclic) bond motifs is 1. The number of rotatable bonds is 4. The van der Waals surface area contributed by atoms with E-state index in [1.807, 2.05) is 0 Å². The summed E-state index contributed by atoms with van der Waals surface area (Å²) < 4.78 is 5.73. The summed E-state index contributed by atoms with van der Waals surface area (Å²) in [6, 6.07) is 4.57. The van der Waals surface area contributed by atoms with Crippen molar-refractivity contribution >= 4 is 23.0 Å². The Bertz CT molecular complexity index is 698. The predicted molar refractivity (Wildman–Crippen MR) is 66.2 cm³/mol. The number of nitrogens with one attached hydrogen (secondary N) is 1. The molecule has 0 aliphatic rings. The third-order valence-corrected chi connectivity index (χ3v) is 2.79. The number of nitrogens with zero attached hydrogens (tertiary/aromatic N) is 1. The average Bonchev–Trinajstić information content (AvgIpc) is 2.71. The van der Waals surface area contributed by atoms with Gasteiger partial charge in [-0.05, 0) is 12.1 Å². The smallest absolute Gasteiger partial charge is 0.337 e. The fraction of sp³-hybridized carbons (Fsp3) is 0.250. The van der Waals surface area contributed by atoms with Crippen LogP contribution in [0, 0.1) is 0 Å². The second kappa shape index (κ2) is 4.97. The van der Waals surface area contributed by atoms with E-state index in [4.69, 9.17) is 5.11 Å². The number of benzene rings is 1. The lowest BCUT2D eigenvalue weighted by atomic mass is 10.2. The number of aromatic amines is 1. The number of hydrogen-bond acceptors (Lipinski definition) is 4. The maximum absolute atomic E-state index is 11.8. The number of methoxy groups -OCH3 is 1. The Morgan fingerprint density at radius 2 is 2.16 bits per heavy atom. The zero-order chi connectivity index (χ0) is 14.0. The first-order chi connectivity index (χ1) is 9.04. The van der Waals surface area contributed by atoms with Crippen molar-refractivity contribution in [3.63, 3.8) is 0 Å². The quantitative estimate of drug-likeness (QED) is 0.787. The Kier molecular flexibility index (Phi) is 3.37. The predicted octanol–water partition coefficient (Wildman–Crippen LogP) is 0.591. The molecule has 0 fully saturated rings. The van der Waals surface area contributed by atoms with Crippen LogP contribution in [0.1, 0.15) is 16.8 Å². The van der Waals surface area contributed by atoms with Gasteiger partial charge in [0.1, 0.15) is 0 Å². The molecule has 1 aromatic heterocycles. The molecule has 0 aliphatic carbocycles. The molecule has 0 amide bonds. The van der Waals surface area contributed by atoms with Crippen molar-refractivity contribution in [3.05, 3.63) is 34.2 Å². The van der Waals surface area contributed by atoms with Crippen molar-refractivity contribution in [1.82, 2.24) is 9.55 Å². The summed E-state index contributed by atoms with van der Waals surface area (Å²) >= 11 is 0. The number of esters is 1. The first-order valence-electron chi connectivity index (χ1n) is 5.56. The maximum Gasteiger partial charge on any atom is 0.337 e. The molecule has 1 aromatic carbocycles. The van der Waals surface area contributed by atoms with E-state index in [9.17, 15) is 14.4 Å². The van der Waals surface area contributed by atoms with Crippen molar-refractivity contribution in [2.45, 2.75) is 13.0 Å². The van der Waals surface area contributed by atoms with Gasteiger partial charge in [-0.3, -0.25) is 9.36 Å². The van der Waals surface area contributed by atoms with Crippen LogP contribution in [0.3, 0.4) is 0 Å². The maximum atomic E-state index is 11.8. The lowest BCUT2D eigenvalue weighted by Gasteiger charge is -2.04. The molecule has 0 spiro atoms. The SMILES string of the molecule is COC(=O)CCn1c(=O)[nH]c2cccc(C(=O)O)c21. The number of aromatic nitrogens is 2. The van der Waals surface area contributed by atoms with Crippen LogP contribution in [0.4, 0.5) is 0 Å². The van der Waals surface area contributed by atoms with Crippen LogP contribution in [-0.2, 0) is 16.1 Å². The molecule has 0 saturated carbocycles. The molecule has 0 aliphatic heterocycles. The Hall–Kier alpha value is -2.57. The Morgan fingerprint density at radius 1 is 1.42 bits per heavy atom. The minimum atomic E-state index is -1.13. The number of hydrogen-bond donors (Lipinski definition) is 2. The molecular weight excluding hydrogens is 252 g/mol. The van der Waals surface area contributed by atoms with Crippen LogP contribution >= 0.6 is 0 Å². The molecule has 0 unspecified atom stereocenters. The van der Waals surface area contributed by atoms with Gasteiger partial charge < -0.3 is 14.8 Å². The number of ether oxygens (including phenoxy) is 1. The molecule has 7 heteroatoms. The van der Waals surface area contributed by atoms with E-state index in [1.54, 1.807) is 12.1 Å². The molecule has 0 bridgehead atoms. The summed E-state index contributed by atoms with van der Waals surface area (Å²) in [6.07, 6.45) is -0.00267. The van der Waals surface area contributed by atoms with E-state index in [1.165, 1.54) is 17.7 Å². The third kappa shape index (κ3) is 2.35.